The smallest absolute Gasteiger partial charge is 0.325 e. The van der Waals surface area contributed by atoms with Crippen molar-refractivity contribution in [2.75, 3.05) is 25.4 Å². The first-order chi connectivity index (χ1) is 6.71. The SMILES string of the molecule is C1CN1.N.O=P(O)(O)CCCCP(=O)(O)O. The van der Waals surface area contributed by atoms with Crippen molar-refractivity contribution < 1.29 is 28.7 Å². The standard InChI is InChI=1S/C4H12O6P2.C2H5N.H3N/c5-11(6,7)3-1-2-4-12(8,9)10;1-2-3-1;/h1-4H2,(H2,5,6,7)(H2,8,9,10);3H,1-2H2;1H3. The van der Waals surface area contributed by atoms with Gasteiger partial charge in [0.1, 0.15) is 0 Å². The van der Waals surface area contributed by atoms with Crippen LogP contribution in [0, 0.1) is 0 Å². The Bertz CT molecular complexity index is 233. The summed E-state index contributed by atoms with van der Waals surface area (Å²) in [4.78, 5) is 33.5. The molecule has 0 atom stereocenters. The Balaban J connectivity index is 0. The van der Waals surface area contributed by atoms with Gasteiger partial charge in [-0.2, -0.15) is 0 Å². The summed E-state index contributed by atoms with van der Waals surface area (Å²) in [5, 5.41) is 3.00. The van der Waals surface area contributed by atoms with Crippen LogP contribution in [0.25, 0.3) is 0 Å². The molecule has 0 aromatic carbocycles. The Kier molecular flexibility index (Phi) is 9.68. The Labute approximate surface area is 94.4 Å². The van der Waals surface area contributed by atoms with Crippen LogP contribution in [-0.2, 0) is 9.13 Å². The number of hydrogen-bond donors (Lipinski definition) is 6. The van der Waals surface area contributed by atoms with E-state index in [1.807, 2.05) is 0 Å². The van der Waals surface area contributed by atoms with Gasteiger partial charge in [0.25, 0.3) is 0 Å². The molecule has 0 aromatic heterocycles. The van der Waals surface area contributed by atoms with E-state index < -0.39 is 15.2 Å². The minimum atomic E-state index is -4.00. The number of nitrogens with one attached hydrogen (secondary N) is 1. The lowest BCUT2D eigenvalue weighted by molar-refractivity contribution is 0.364. The summed E-state index contributed by atoms with van der Waals surface area (Å²) >= 11 is 0. The van der Waals surface area contributed by atoms with Gasteiger partial charge in [0.15, 0.2) is 0 Å². The minimum absolute atomic E-state index is 0. The van der Waals surface area contributed by atoms with Gasteiger partial charge in [0, 0.05) is 25.4 Å². The Morgan fingerprint density at radius 3 is 1.25 bits per heavy atom. The van der Waals surface area contributed by atoms with Gasteiger partial charge in [-0.3, -0.25) is 9.13 Å². The lowest BCUT2D eigenvalue weighted by atomic mass is 10.4. The highest BCUT2D eigenvalue weighted by Gasteiger charge is 2.15. The third kappa shape index (κ3) is 23.8. The number of hydrogen-bond acceptors (Lipinski definition) is 4. The van der Waals surface area contributed by atoms with Crippen LogP contribution in [0.5, 0.6) is 0 Å². The van der Waals surface area contributed by atoms with Crippen LogP contribution in [0.15, 0.2) is 0 Å². The van der Waals surface area contributed by atoms with Gasteiger partial charge in [-0.25, -0.2) is 0 Å². The largest absolute Gasteiger partial charge is 0.344 e. The summed E-state index contributed by atoms with van der Waals surface area (Å²) in [5.41, 5.74) is 0. The second kappa shape index (κ2) is 8.33. The molecule has 16 heavy (non-hydrogen) atoms. The first-order valence-corrected chi connectivity index (χ1v) is 8.10. The molecular weight excluding hydrogens is 258 g/mol. The molecule has 1 aliphatic heterocycles. The normalized spacial score (nSPS) is 14.5. The van der Waals surface area contributed by atoms with Crippen LogP contribution in [0.3, 0.4) is 0 Å². The molecule has 1 aliphatic rings. The van der Waals surface area contributed by atoms with Gasteiger partial charge in [-0.05, 0) is 12.8 Å². The Hall–Kier alpha value is 0.220. The van der Waals surface area contributed by atoms with E-state index in [2.05, 4.69) is 5.32 Å². The lowest BCUT2D eigenvalue weighted by Gasteiger charge is -2.04. The van der Waals surface area contributed by atoms with E-state index in [9.17, 15) is 9.13 Å². The van der Waals surface area contributed by atoms with Crippen molar-refractivity contribution in [3.05, 3.63) is 0 Å². The highest BCUT2D eigenvalue weighted by atomic mass is 31.2. The van der Waals surface area contributed by atoms with Crippen LogP contribution in [0.4, 0.5) is 0 Å². The van der Waals surface area contributed by atoms with Crippen molar-refractivity contribution in [1.82, 2.24) is 11.5 Å². The molecule has 0 spiro atoms. The number of unbranched alkanes of at least 4 members (excludes halogenated alkanes) is 1. The fraction of sp³-hybridized carbons (Fsp3) is 1.00. The van der Waals surface area contributed by atoms with Crippen LogP contribution < -0.4 is 11.5 Å². The van der Waals surface area contributed by atoms with Crippen LogP contribution >= 0.6 is 15.2 Å². The van der Waals surface area contributed by atoms with Gasteiger partial charge in [0.2, 0.25) is 0 Å². The quantitative estimate of drug-likeness (QED) is 0.229. The zero-order valence-electron chi connectivity index (χ0n) is 8.95. The Morgan fingerprint density at radius 2 is 1.12 bits per heavy atom. The van der Waals surface area contributed by atoms with E-state index in [4.69, 9.17) is 19.6 Å². The highest BCUT2D eigenvalue weighted by molar-refractivity contribution is 7.52. The molecule has 1 rings (SSSR count). The second-order valence-electron chi connectivity index (χ2n) is 3.23. The van der Waals surface area contributed by atoms with Crippen molar-refractivity contribution in [3.8, 4) is 0 Å². The van der Waals surface area contributed by atoms with Gasteiger partial charge >= 0.3 is 15.2 Å². The molecule has 8 nitrogen and oxygen atoms in total. The zero-order chi connectivity index (χ0) is 11.9. The molecule has 100 valence electrons. The van der Waals surface area contributed by atoms with E-state index in [-0.39, 0.29) is 31.3 Å². The summed E-state index contributed by atoms with van der Waals surface area (Å²) in [5.74, 6) is 0. The first kappa shape index (κ1) is 18.6. The van der Waals surface area contributed by atoms with E-state index >= 15 is 0 Å². The van der Waals surface area contributed by atoms with E-state index in [0.717, 1.165) is 0 Å². The molecule has 0 unspecified atom stereocenters. The molecule has 0 aliphatic carbocycles. The Morgan fingerprint density at radius 1 is 0.875 bits per heavy atom. The molecule has 10 heteroatoms. The molecule has 8 N–H and O–H groups in total. The molecule has 0 amide bonds. The maximum atomic E-state index is 10.3. The summed E-state index contributed by atoms with van der Waals surface area (Å²) in [7, 11) is -8.00. The third-order valence-corrected chi connectivity index (χ3v) is 3.20. The summed E-state index contributed by atoms with van der Waals surface area (Å²) in [6.45, 7) is 2.50. The topological polar surface area (TPSA) is 172 Å². The molecule has 0 bridgehead atoms. The molecule has 0 saturated carbocycles. The second-order valence-corrected chi connectivity index (χ2v) is 6.79. The molecule has 0 aromatic rings. The van der Waals surface area contributed by atoms with Crippen molar-refractivity contribution in [1.29, 1.82) is 0 Å². The summed E-state index contributed by atoms with van der Waals surface area (Å²) < 4.78 is 20.5. The average Bonchev–Trinajstić information content (AvgIpc) is 2.79. The van der Waals surface area contributed by atoms with Crippen molar-refractivity contribution in [3.63, 3.8) is 0 Å². The van der Waals surface area contributed by atoms with Gasteiger partial charge in [-0.15, -0.1) is 0 Å². The minimum Gasteiger partial charge on any atom is -0.344 e. The van der Waals surface area contributed by atoms with Gasteiger partial charge in [0.05, 0.1) is 0 Å². The number of rotatable bonds is 5. The van der Waals surface area contributed by atoms with Crippen LogP contribution in [-0.4, -0.2) is 45.0 Å². The third-order valence-electron chi connectivity index (χ3n) is 1.40. The molecule has 1 saturated heterocycles. The average molecular weight is 278 g/mol. The fourth-order valence-corrected chi connectivity index (χ4v) is 1.91. The van der Waals surface area contributed by atoms with Crippen molar-refractivity contribution in [2.24, 2.45) is 0 Å². The highest BCUT2D eigenvalue weighted by Crippen LogP contribution is 2.38. The van der Waals surface area contributed by atoms with Crippen molar-refractivity contribution in [2.45, 2.75) is 12.8 Å². The summed E-state index contributed by atoms with van der Waals surface area (Å²) in [6, 6.07) is 0. The van der Waals surface area contributed by atoms with Gasteiger partial charge < -0.3 is 31.0 Å². The molecule has 1 heterocycles. The molecule has 1 fully saturated rings. The zero-order valence-corrected chi connectivity index (χ0v) is 10.7. The van der Waals surface area contributed by atoms with Crippen LogP contribution in [0.2, 0.25) is 0 Å². The predicted molar refractivity (Wildman–Crippen MR) is 60.9 cm³/mol. The van der Waals surface area contributed by atoms with Gasteiger partial charge in [-0.1, -0.05) is 0 Å². The van der Waals surface area contributed by atoms with Crippen molar-refractivity contribution >= 4 is 15.2 Å². The first-order valence-electron chi connectivity index (χ1n) is 4.50. The monoisotopic (exact) mass is 278 g/mol. The van der Waals surface area contributed by atoms with Crippen LogP contribution in [0.1, 0.15) is 12.8 Å². The molecular formula is C6H20N2O6P2. The van der Waals surface area contributed by atoms with E-state index in [0.29, 0.717) is 0 Å². The van der Waals surface area contributed by atoms with E-state index in [1.54, 1.807) is 0 Å². The fourth-order valence-electron chi connectivity index (χ4n) is 0.636. The van der Waals surface area contributed by atoms with E-state index in [1.165, 1.54) is 13.1 Å². The lowest BCUT2D eigenvalue weighted by Crippen LogP contribution is -1.92. The molecule has 0 radical (unpaired) electrons. The summed E-state index contributed by atoms with van der Waals surface area (Å²) in [6.07, 6.45) is -0.356. The maximum Gasteiger partial charge on any atom is 0.325 e. The predicted octanol–water partition coefficient (Wildman–Crippen LogP) is -0.126. The maximum absolute atomic E-state index is 10.3.